The number of rotatable bonds is 8. The van der Waals surface area contributed by atoms with Crippen molar-refractivity contribution in [1.29, 1.82) is 5.26 Å². The number of aliphatic imine (C=N–C) groups is 1. The summed E-state index contributed by atoms with van der Waals surface area (Å²) in [5, 5.41) is 15.5. The van der Waals surface area contributed by atoms with Gasteiger partial charge < -0.3 is 20.1 Å². The van der Waals surface area contributed by atoms with Gasteiger partial charge >= 0.3 is 0 Å². The highest BCUT2D eigenvalue weighted by Gasteiger charge is 2.23. The molecule has 1 aliphatic heterocycles. The van der Waals surface area contributed by atoms with E-state index in [0.717, 1.165) is 18.8 Å². The molecule has 0 amide bonds. The molecule has 1 aliphatic rings. The summed E-state index contributed by atoms with van der Waals surface area (Å²) in [6, 6.07) is 14.6. The number of ether oxygens (including phenoxy) is 2. The Morgan fingerprint density at radius 2 is 1.94 bits per heavy atom. The van der Waals surface area contributed by atoms with E-state index in [9.17, 15) is 4.39 Å². The predicted octanol–water partition coefficient (Wildman–Crippen LogP) is 3.45. The van der Waals surface area contributed by atoms with Gasteiger partial charge in [-0.05, 0) is 36.8 Å². The Kier molecular flexibility index (Phi) is 11.4. The lowest BCUT2D eigenvalue weighted by Gasteiger charge is -2.35. The van der Waals surface area contributed by atoms with Crippen LogP contribution in [0.1, 0.15) is 29.7 Å². The van der Waals surface area contributed by atoms with Crippen LogP contribution >= 0.6 is 24.0 Å². The molecule has 0 saturated carbocycles. The van der Waals surface area contributed by atoms with Crippen LogP contribution < -0.4 is 15.4 Å². The molecule has 0 aromatic heterocycles. The minimum absolute atomic E-state index is 0. The fourth-order valence-corrected chi connectivity index (χ4v) is 3.62. The van der Waals surface area contributed by atoms with Crippen molar-refractivity contribution >= 4 is 29.9 Å². The molecule has 2 N–H and O–H groups in total. The monoisotopic (exact) mass is 567 g/mol. The van der Waals surface area contributed by atoms with Crippen LogP contribution in [0.15, 0.2) is 47.5 Å². The Morgan fingerprint density at radius 3 is 2.55 bits per heavy atom. The Hall–Kier alpha value is -2.42. The first kappa shape index (κ1) is 26.8. The van der Waals surface area contributed by atoms with Gasteiger partial charge in [-0.2, -0.15) is 5.26 Å². The van der Waals surface area contributed by atoms with Crippen molar-refractivity contribution in [3.63, 3.8) is 0 Å². The zero-order valence-electron chi connectivity index (χ0n) is 19.0. The average Bonchev–Trinajstić information content (AvgIpc) is 2.84. The number of hydrogen-bond acceptors (Lipinski definition) is 5. The van der Waals surface area contributed by atoms with Crippen molar-refractivity contribution in [1.82, 2.24) is 15.5 Å². The van der Waals surface area contributed by atoms with E-state index in [4.69, 9.17) is 14.7 Å². The second-order valence-electron chi connectivity index (χ2n) is 7.43. The van der Waals surface area contributed by atoms with Gasteiger partial charge in [-0.15, -0.1) is 24.0 Å². The summed E-state index contributed by atoms with van der Waals surface area (Å²) in [6.07, 6.45) is 0. The first-order valence-electron chi connectivity index (χ1n) is 10.8. The molecule has 0 radical (unpaired) electrons. The Labute approximate surface area is 212 Å². The normalized spacial score (nSPS) is 15.2. The standard InChI is InChI=1S/C24H30FN5O2.HI/c1-3-27-24(28-16-20-5-4-18(15-26)14-22(20)25)29-17-23(30-10-12-32-13-11-30)19-6-8-21(31-2)9-7-19;/h4-9,14,23H,3,10-13,16-17H2,1-2H3,(H2,27,28,29);1H. The topological polar surface area (TPSA) is 81.9 Å². The van der Waals surface area contributed by atoms with Gasteiger partial charge in [-0.3, -0.25) is 4.90 Å². The van der Waals surface area contributed by atoms with Gasteiger partial charge in [0.1, 0.15) is 11.6 Å². The van der Waals surface area contributed by atoms with E-state index in [1.807, 2.05) is 25.1 Å². The van der Waals surface area contributed by atoms with Gasteiger partial charge in [0.25, 0.3) is 0 Å². The van der Waals surface area contributed by atoms with Crippen molar-refractivity contribution in [3.05, 3.63) is 65.0 Å². The summed E-state index contributed by atoms with van der Waals surface area (Å²) in [6.45, 7) is 6.60. The average molecular weight is 567 g/mol. The summed E-state index contributed by atoms with van der Waals surface area (Å²) in [7, 11) is 1.66. The van der Waals surface area contributed by atoms with Gasteiger partial charge in [-0.1, -0.05) is 18.2 Å². The van der Waals surface area contributed by atoms with Crippen LogP contribution in [0, 0.1) is 17.1 Å². The molecule has 178 valence electrons. The number of nitrogens with zero attached hydrogens (tertiary/aromatic N) is 3. The molecule has 0 spiro atoms. The van der Waals surface area contributed by atoms with E-state index in [1.165, 1.54) is 11.6 Å². The lowest BCUT2D eigenvalue weighted by Crippen LogP contribution is -2.46. The van der Waals surface area contributed by atoms with Crippen molar-refractivity contribution in [2.24, 2.45) is 4.99 Å². The van der Waals surface area contributed by atoms with E-state index in [0.29, 0.717) is 43.4 Å². The third kappa shape index (κ3) is 7.84. The molecule has 1 fully saturated rings. The van der Waals surface area contributed by atoms with Gasteiger partial charge in [0.15, 0.2) is 5.96 Å². The van der Waals surface area contributed by atoms with Crippen LogP contribution in [0.3, 0.4) is 0 Å². The zero-order valence-corrected chi connectivity index (χ0v) is 21.3. The molecule has 9 heteroatoms. The van der Waals surface area contributed by atoms with E-state index in [-0.39, 0.29) is 36.6 Å². The highest BCUT2D eigenvalue weighted by atomic mass is 127. The zero-order chi connectivity index (χ0) is 22.8. The first-order valence-corrected chi connectivity index (χ1v) is 10.8. The van der Waals surface area contributed by atoms with Gasteiger partial charge in [0.2, 0.25) is 0 Å². The van der Waals surface area contributed by atoms with Crippen LogP contribution in [-0.4, -0.2) is 57.4 Å². The number of nitriles is 1. The Balaban J connectivity index is 0.00000385. The second kappa shape index (κ2) is 14.0. The van der Waals surface area contributed by atoms with E-state index < -0.39 is 5.82 Å². The predicted molar refractivity (Wildman–Crippen MR) is 137 cm³/mol. The smallest absolute Gasteiger partial charge is 0.191 e. The molecule has 1 saturated heterocycles. The molecule has 1 unspecified atom stereocenters. The highest BCUT2D eigenvalue weighted by Crippen LogP contribution is 2.23. The number of benzene rings is 2. The van der Waals surface area contributed by atoms with Crippen LogP contribution in [0.25, 0.3) is 0 Å². The minimum Gasteiger partial charge on any atom is -0.497 e. The molecule has 2 aromatic rings. The molecule has 0 aliphatic carbocycles. The summed E-state index contributed by atoms with van der Waals surface area (Å²) in [4.78, 5) is 6.94. The largest absolute Gasteiger partial charge is 0.497 e. The van der Waals surface area contributed by atoms with Crippen LogP contribution in [0.5, 0.6) is 5.75 Å². The van der Waals surface area contributed by atoms with Crippen LogP contribution in [-0.2, 0) is 11.3 Å². The maximum atomic E-state index is 14.2. The number of halogens is 2. The molecule has 2 aromatic carbocycles. The molecular weight excluding hydrogens is 536 g/mol. The third-order valence-electron chi connectivity index (χ3n) is 5.38. The van der Waals surface area contributed by atoms with E-state index >= 15 is 0 Å². The Bertz CT molecular complexity index is 943. The lowest BCUT2D eigenvalue weighted by molar-refractivity contribution is 0.0170. The molecule has 3 rings (SSSR count). The van der Waals surface area contributed by atoms with Crippen molar-refractivity contribution in [2.45, 2.75) is 19.5 Å². The molecule has 1 heterocycles. The quantitative estimate of drug-likeness (QED) is 0.289. The van der Waals surface area contributed by atoms with Crippen LogP contribution in [0.2, 0.25) is 0 Å². The van der Waals surface area contributed by atoms with Crippen molar-refractivity contribution in [3.8, 4) is 11.8 Å². The van der Waals surface area contributed by atoms with Gasteiger partial charge in [0, 0.05) is 31.7 Å². The fraction of sp³-hybridized carbons (Fsp3) is 0.417. The highest BCUT2D eigenvalue weighted by molar-refractivity contribution is 14.0. The summed E-state index contributed by atoms with van der Waals surface area (Å²) >= 11 is 0. The number of hydrogen-bond donors (Lipinski definition) is 2. The molecule has 33 heavy (non-hydrogen) atoms. The molecule has 7 nitrogen and oxygen atoms in total. The number of methoxy groups -OCH3 is 1. The lowest BCUT2D eigenvalue weighted by atomic mass is 10.0. The number of guanidine groups is 1. The van der Waals surface area contributed by atoms with Gasteiger partial charge in [-0.25, -0.2) is 9.38 Å². The minimum atomic E-state index is -0.423. The molecule has 0 bridgehead atoms. The third-order valence-corrected chi connectivity index (χ3v) is 5.38. The first-order chi connectivity index (χ1) is 15.6. The summed E-state index contributed by atoms with van der Waals surface area (Å²) in [5.74, 6) is 1.01. The number of nitrogens with one attached hydrogen (secondary N) is 2. The SMILES string of the molecule is CCNC(=NCc1ccc(C#N)cc1F)NCC(c1ccc(OC)cc1)N1CCOCC1.I. The van der Waals surface area contributed by atoms with Crippen molar-refractivity contribution in [2.75, 3.05) is 46.5 Å². The molecule has 1 atom stereocenters. The maximum Gasteiger partial charge on any atom is 0.191 e. The van der Waals surface area contributed by atoms with Gasteiger partial charge in [0.05, 0.1) is 44.5 Å². The summed E-state index contributed by atoms with van der Waals surface area (Å²) in [5.41, 5.74) is 1.92. The van der Waals surface area contributed by atoms with E-state index in [1.54, 1.807) is 19.2 Å². The fourth-order valence-electron chi connectivity index (χ4n) is 3.62. The Morgan fingerprint density at radius 1 is 1.21 bits per heavy atom. The van der Waals surface area contributed by atoms with Crippen molar-refractivity contribution < 1.29 is 13.9 Å². The second-order valence-corrected chi connectivity index (χ2v) is 7.43. The van der Waals surface area contributed by atoms with E-state index in [2.05, 4.69) is 32.7 Å². The summed E-state index contributed by atoms with van der Waals surface area (Å²) < 4.78 is 25.0. The maximum absolute atomic E-state index is 14.2. The van der Waals surface area contributed by atoms with Crippen LogP contribution in [0.4, 0.5) is 4.39 Å². The molecular formula is C24H31FIN5O2. The number of morpholine rings is 1.